The van der Waals surface area contributed by atoms with Crippen LogP contribution < -0.4 is 10.1 Å². The first-order chi connectivity index (χ1) is 12.6. The molecule has 0 atom stereocenters. The number of ether oxygens (including phenoxy) is 1. The molecule has 0 bridgehead atoms. The predicted molar refractivity (Wildman–Crippen MR) is 102 cm³/mol. The molecule has 0 spiro atoms. The number of carbonyl (C=O) groups excluding carboxylic acids is 1. The summed E-state index contributed by atoms with van der Waals surface area (Å²) >= 11 is 0. The van der Waals surface area contributed by atoms with Gasteiger partial charge in [-0.05, 0) is 61.4 Å². The minimum Gasteiger partial charge on any atom is -0.457 e. The standard InChI is InChI=1S/C22H18N2O2/c1-3-15-4-9-18-19(14-15)23-13-10-20(18)26-17-7-5-16(6-8-17)24-21(25)22(2)11-12-22/h1,4-10,13-14H,11-12H2,2H3,(H,24,25). The zero-order valence-electron chi connectivity index (χ0n) is 14.5. The fourth-order valence-corrected chi connectivity index (χ4v) is 2.73. The van der Waals surface area contributed by atoms with Crippen LogP contribution >= 0.6 is 0 Å². The third-order valence-corrected chi connectivity index (χ3v) is 4.76. The maximum atomic E-state index is 12.1. The highest BCUT2D eigenvalue weighted by molar-refractivity contribution is 5.96. The number of terminal acetylenes is 1. The molecule has 0 radical (unpaired) electrons. The maximum absolute atomic E-state index is 12.1. The van der Waals surface area contributed by atoms with Crippen molar-refractivity contribution in [1.82, 2.24) is 4.98 Å². The van der Waals surface area contributed by atoms with E-state index < -0.39 is 0 Å². The topological polar surface area (TPSA) is 51.2 Å². The molecular weight excluding hydrogens is 324 g/mol. The molecule has 26 heavy (non-hydrogen) atoms. The second kappa shape index (κ2) is 6.20. The van der Waals surface area contributed by atoms with E-state index in [0.717, 1.165) is 35.0 Å². The number of pyridine rings is 1. The van der Waals surface area contributed by atoms with E-state index in [2.05, 4.69) is 16.2 Å². The molecule has 1 aromatic heterocycles. The van der Waals surface area contributed by atoms with Crippen LogP contribution in [0.15, 0.2) is 54.7 Å². The first-order valence-electron chi connectivity index (χ1n) is 8.52. The van der Waals surface area contributed by atoms with E-state index in [-0.39, 0.29) is 11.3 Å². The lowest BCUT2D eigenvalue weighted by Crippen LogP contribution is -2.21. The van der Waals surface area contributed by atoms with Crippen molar-refractivity contribution in [1.29, 1.82) is 0 Å². The van der Waals surface area contributed by atoms with Gasteiger partial charge in [-0.1, -0.05) is 12.8 Å². The van der Waals surface area contributed by atoms with Gasteiger partial charge in [-0.3, -0.25) is 9.78 Å². The normalized spacial score (nSPS) is 14.5. The largest absolute Gasteiger partial charge is 0.457 e. The highest BCUT2D eigenvalue weighted by Gasteiger charge is 2.44. The first kappa shape index (κ1) is 16.2. The number of hydrogen-bond donors (Lipinski definition) is 1. The van der Waals surface area contributed by atoms with Gasteiger partial charge in [-0.15, -0.1) is 6.42 Å². The molecule has 1 aliphatic rings. The van der Waals surface area contributed by atoms with Gasteiger partial charge in [0, 0.05) is 28.2 Å². The van der Waals surface area contributed by atoms with Crippen molar-refractivity contribution >= 4 is 22.5 Å². The van der Waals surface area contributed by atoms with E-state index in [1.165, 1.54) is 0 Å². The molecule has 1 amide bonds. The summed E-state index contributed by atoms with van der Waals surface area (Å²) in [7, 11) is 0. The van der Waals surface area contributed by atoms with E-state index >= 15 is 0 Å². The Morgan fingerprint density at radius 1 is 1.19 bits per heavy atom. The zero-order valence-corrected chi connectivity index (χ0v) is 14.5. The van der Waals surface area contributed by atoms with Crippen molar-refractivity contribution in [2.75, 3.05) is 5.32 Å². The Bertz CT molecular complexity index is 1030. The third kappa shape index (κ3) is 3.12. The number of nitrogens with zero attached hydrogens (tertiary/aromatic N) is 1. The molecule has 4 nitrogen and oxygen atoms in total. The molecule has 1 saturated carbocycles. The number of carbonyl (C=O) groups is 1. The summed E-state index contributed by atoms with van der Waals surface area (Å²) in [5.41, 5.74) is 2.15. The highest BCUT2D eigenvalue weighted by Crippen LogP contribution is 2.45. The van der Waals surface area contributed by atoms with Crippen LogP contribution in [0.4, 0.5) is 5.69 Å². The van der Waals surface area contributed by atoms with Crippen LogP contribution in [-0.4, -0.2) is 10.9 Å². The number of fused-ring (bicyclic) bond motifs is 1. The third-order valence-electron chi connectivity index (χ3n) is 4.76. The number of hydrogen-bond acceptors (Lipinski definition) is 3. The lowest BCUT2D eigenvalue weighted by atomic mass is 10.1. The molecule has 1 aliphatic carbocycles. The molecule has 4 heteroatoms. The van der Waals surface area contributed by atoms with E-state index in [0.29, 0.717) is 11.5 Å². The number of benzene rings is 2. The average molecular weight is 342 g/mol. The van der Waals surface area contributed by atoms with Gasteiger partial charge in [0.15, 0.2) is 0 Å². The van der Waals surface area contributed by atoms with Gasteiger partial charge in [0.2, 0.25) is 5.91 Å². The number of aromatic nitrogens is 1. The van der Waals surface area contributed by atoms with Gasteiger partial charge in [-0.2, -0.15) is 0 Å². The minimum absolute atomic E-state index is 0.0793. The smallest absolute Gasteiger partial charge is 0.230 e. The van der Waals surface area contributed by atoms with Crippen molar-refractivity contribution in [2.45, 2.75) is 19.8 Å². The number of amides is 1. The van der Waals surface area contributed by atoms with Crippen molar-refractivity contribution in [3.8, 4) is 23.8 Å². The second-order valence-corrected chi connectivity index (χ2v) is 6.83. The maximum Gasteiger partial charge on any atom is 0.230 e. The molecule has 4 rings (SSSR count). The minimum atomic E-state index is -0.192. The van der Waals surface area contributed by atoms with Crippen molar-refractivity contribution in [3.63, 3.8) is 0 Å². The van der Waals surface area contributed by atoms with Crippen LogP contribution in [0.1, 0.15) is 25.3 Å². The summed E-state index contributed by atoms with van der Waals surface area (Å²) in [5, 5.41) is 3.85. The summed E-state index contributed by atoms with van der Waals surface area (Å²) in [6.07, 6.45) is 9.05. The van der Waals surface area contributed by atoms with Gasteiger partial charge in [0.1, 0.15) is 11.5 Å². The monoisotopic (exact) mass is 342 g/mol. The van der Waals surface area contributed by atoms with Gasteiger partial charge in [0.25, 0.3) is 0 Å². The molecule has 128 valence electrons. The van der Waals surface area contributed by atoms with E-state index in [4.69, 9.17) is 11.2 Å². The Kier molecular flexibility index (Phi) is 3.85. The van der Waals surface area contributed by atoms with Crippen LogP contribution in [0.2, 0.25) is 0 Å². The van der Waals surface area contributed by atoms with Gasteiger partial charge < -0.3 is 10.1 Å². The summed E-state index contributed by atoms with van der Waals surface area (Å²) in [5.74, 6) is 4.09. The lowest BCUT2D eigenvalue weighted by molar-refractivity contribution is -0.120. The van der Waals surface area contributed by atoms with Crippen molar-refractivity contribution in [3.05, 3.63) is 60.3 Å². The molecule has 0 saturated heterocycles. The molecule has 3 aromatic rings. The summed E-state index contributed by atoms with van der Waals surface area (Å²) in [4.78, 5) is 16.5. The number of anilines is 1. The Labute approximate surface area is 152 Å². The van der Waals surface area contributed by atoms with Crippen LogP contribution in [0.5, 0.6) is 11.5 Å². The SMILES string of the molecule is C#Cc1ccc2c(Oc3ccc(NC(=O)C4(C)CC4)cc3)ccnc2c1. The second-order valence-electron chi connectivity index (χ2n) is 6.83. The van der Waals surface area contributed by atoms with E-state index in [1.807, 2.05) is 55.5 Å². The Morgan fingerprint density at radius 3 is 2.65 bits per heavy atom. The van der Waals surface area contributed by atoms with Crippen LogP contribution in [0.25, 0.3) is 10.9 Å². The Hall–Kier alpha value is -3.32. The number of nitrogens with one attached hydrogen (secondary N) is 1. The predicted octanol–water partition coefficient (Wildman–Crippen LogP) is 4.75. The molecule has 1 fully saturated rings. The molecule has 0 aliphatic heterocycles. The first-order valence-corrected chi connectivity index (χ1v) is 8.52. The molecule has 2 aromatic carbocycles. The molecule has 0 unspecified atom stereocenters. The average Bonchev–Trinajstić information content (AvgIpc) is 3.42. The molecule has 1 heterocycles. The summed E-state index contributed by atoms with van der Waals surface area (Å²) in [6.45, 7) is 1.99. The Balaban J connectivity index is 1.53. The van der Waals surface area contributed by atoms with E-state index in [1.54, 1.807) is 6.20 Å². The van der Waals surface area contributed by atoms with Crippen LogP contribution in [0, 0.1) is 17.8 Å². The fraction of sp³-hybridized carbons (Fsp3) is 0.182. The molecule has 1 N–H and O–H groups in total. The van der Waals surface area contributed by atoms with Gasteiger partial charge >= 0.3 is 0 Å². The lowest BCUT2D eigenvalue weighted by Gasteiger charge is -2.12. The quantitative estimate of drug-likeness (QED) is 0.696. The molecular formula is C22H18N2O2. The summed E-state index contributed by atoms with van der Waals surface area (Å²) < 4.78 is 6.00. The van der Waals surface area contributed by atoms with Gasteiger partial charge in [0.05, 0.1) is 5.52 Å². The highest BCUT2D eigenvalue weighted by atomic mass is 16.5. The van der Waals surface area contributed by atoms with Crippen LogP contribution in [0.3, 0.4) is 0 Å². The van der Waals surface area contributed by atoms with Crippen LogP contribution in [-0.2, 0) is 4.79 Å². The summed E-state index contributed by atoms with van der Waals surface area (Å²) in [6, 6.07) is 14.8. The van der Waals surface area contributed by atoms with E-state index in [9.17, 15) is 4.79 Å². The zero-order chi connectivity index (χ0) is 18.1. The van der Waals surface area contributed by atoms with Crippen molar-refractivity contribution in [2.24, 2.45) is 5.41 Å². The van der Waals surface area contributed by atoms with Crippen molar-refractivity contribution < 1.29 is 9.53 Å². The van der Waals surface area contributed by atoms with Gasteiger partial charge in [-0.25, -0.2) is 0 Å². The number of rotatable bonds is 4. The Morgan fingerprint density at radius 2 is 1.96 bits per heavy atom. The fourth-order valence-electron chi connectivity index (χ4n) is 2.73.